The maximum absolute atomic E-state index is 13.0. The lowest BCUT2D eigenvalue weighted by atomic mass is 9.70. The molecule has 1 atom stereocenters. The minimum Gasteiger partial charge on any atom is -0.465 e. The van der Waals surface area contributed by atoms with Gasteiger partial charge in [0.1, 0.15) is 11.3 Å². The molecule has 1 aromatic carbocycles. The molecule has 154 valence electrons. The van der Waals surface area contributed by atoms with Gasteiger partial charge in [0.25, 0.3) is 0 Å². The van der Waals surface area contributed by atoms with E-state index in [1.165, 1.54) is 7.11 Å². The highest BCUT2D eigenvalue weighted by Crippen LogP contribution is 2.48. The average molecular weight is 399 g/mol. The number of carbonyl (C=O) groups excluding carboxylic acids is 3. The van der Waals surface area contributed by atoms with E-state index in [4.69, 9.17) is 19.9 Å². The highest BCUT2D eigenvalue weighted by Gasteiger charge is 2.44. The largest absolute Gasteiger partial charge is 0.465 e. The summed E-state index contributed by atoms with van der Waals surface area (Å²) in [5.74, 6) is -1.50. The van der Waals surface area contributed by atoms with E-state index in [1.54, 1.807) is 31.2 Å². The first-order chi connectivity index (χ1) is 13.7. The Morgan fingerprint density at radius 1 is 1.17 bits per heavy atom. The van der Waals surface area contributed by atoms with Crippen molar-refractivity contribution in [3.05, 3.63) is 58.2 Å². The van der Waals surface area contributed by atoms with Crippen molar-refractivity contribution >= 4 is 17.7 Å². The van der Waals surface area contributed by atoms with E-state index in [0.29, 0.717) is 35.3 Å². The molecule has 0 fully saturated rings. The van der Waals surface area contributed by atoms with Crippen molar-refractivity contribution in [1.29, 1.82) is 0 Å². The van der Waals surface area contributed by atoms with Gasteiger partial charge in [0, 0.05) is 18.4 Å². The number of nitrogens with two attached hydrogens (primary N) is 1. The molecule has 0 unspecified atom stereocenters. The van der Waals surface area contributed by atoms with Crippen LogP contribution >= 0.6 is 0 Å². The van der Waals surface area contributed by atoms with E-state index in [-0.39, 0.29) is 29.3 Å². The first-order valence-corrected chi connectivity index (χ1v) is 9.47. The zero-order chi connectivity index (χ0) is 21.3. The second-order valence-corrected chi connectivity index (χ2v) is 7.92. The van der Waals surface area contributed by atoms with Gasteiger partial charge in [0.15, 0.2) is 5.78 Å². The Labute approximate surface area is 169 Å². The van der Waals surface area contributed by atoms with Gasteiger partial charge in [0.05, 0.1) is 25.2 Å². The second kappa shape index (κ2) is 7.73. The normalized spacial score (nSPS) is 20.7. The minimum absolute atomic E-state index is 0.0689. The van der Waals surface area contributed by atoms with Crippen molar-refractivity contribution < 1.29 is 28.6 Å². The quantitative estimate of drug-likeness (QED) is 0.776. The molecule has 0 bridgehead atoms. The molecule has 29 heavy (non-hydrogen) atoms. The molecule has 1 aliphatic carbocycles. The average Bonchev–Trinajstić information content (AvgIpc) is 2.65. The second-order valence-electron chi connectivity index (χ2n) is 7.92. The Morgan fingerprint density at radius 3 is 2.41 bits per heavy atom. The van der Waals surface area contributed by atoms with Gasteiger partial charge in [-0.05, 0) is 30.0 Å². The van der Waals surface area contributed by atoms with Crippen LogP contribution in [0.4, 0.5) is 0 Å². The first-order valence-electron chi connectivity index (χ1n) is 9.47. The summed E-state index contributed by atoms with van der Waals surface area (Å²) in [5, 5.41) is 0. The molecule has 7 heteroatoms. The summed E-state index contributed by atoms with van der Waals surface area (Å²) in [7, 11) is 1.25. The molecular formula is C22H25NO6. The molecule has 7 nitrogen and oxygen atoms in total. The fraction of sp³-hybridized carbons (Fsp3) is 0.409. The van der Waals surface area contributed by atoms with Gasteiger partial charge in [-0.2, -0.15) is 0 Å². The van der Waals surface area contributed by atoms with Crippen LogP contribution in [0.3, 0.4) is 0 Å². The fourth-order valence-electron chi connectivity index (χ4n) is 3.85. The van der Waals surface area contributed by atoms with Crippen molar-refractivity contribution in [2.24, 2.45) is 11.1 Å². The Bertz CT molecular complexity index is 923. The number of Topliss-reactive ketones (excluding diaryl/α,β-unsaturated/α-hetero) is 1. The smallest absolute Gasteiger partial charge is 0.340 e. The number of ketones is 1. The number of benzene rings is 1. The standard InChI is InChI=1S/C22H25NO6/c1-5-28-20(25)13-8-6-12(7-9-13)16-17-14(24)10-22(2,3)11-15(17)29-19(23)18(16)21(26)27-4/h6-9,16H,5,10-11,23H2,1-4H3/t16-/m0/s1. The van der Waals surface area contributed by atoms with Crippen molar-refractivity contribution in [2.45, 2.75) is 39.5 Å². The first kappa shape index (κ1) is 20.6. The number of esters is 2. The zero-order valence-corrected chi connectivity index (χ0v) is 17.0. The molecule has 0 amide bonds. The van der Waals surface area contributed by atoms with E-state index in [1.807, 2.05) is 13.8 Å². The van der Waals surface area contributed by atoms with Gasteiger partial charge < -0.3 is 19.9 Å². The molecule has 1 aromatic rings. The van der Waals surface area contributed by atoms with Crippen LogP contribution in [-0.4, -0.2) is 31.4 Å². The summed E-state index contributed by atoms with van der Waals surface area (Å²) in [6, 6.07) is 6.59. The highest BCUT2D eigenvalue weighted by atomic mass is 16.5. The number of hydrogen-bond acceptors (Lipinski definition) is 7. The van der Waals surface area contributed by atoms with Crippen LogP contribution in [0.25, 0.3) is 0 Å². The molecule has 3 rings (SSSR count). The van der Waals surface area contributed by atoms with Crippen LogP contribution in [0.1, 0.15) is 55.5 Å². The van der Waals surface area contributed by atoms with Gasteiger partial charge >= 0.3 is 11.9 Å². The van der Waals surface area contributed by atoms with Crippen LogP contribution in [0.5, 0.6) is 0 Å². The summed E-state index contributed by atoms with van der Waals surface area (Å²) >= 11 is 0. The maximum atomic E-state index is 13.0. The summed E-state index contributed by atoms with van der Waals surface area (Å²) in [5.41, 5.74) is 7.34. The van der Waals surface area contributed by atoms with Gasteiger partial charge in [-0.1, -0.05) is 26.0 Å². The SMILES string of the molecule is CCOC(=O)c1ccc([C@@H]2C(C(=O)OC)=C(N)OC3=C2C(=O)CC(C)(C)C3)cc1. The number of methoxy groups -OCH3 is 1. The molecule has 0 spiro atoms. The number of rotatable bonds is 4. The van der Waals surface area contributed by atoms with Gasteiger partial charge in [-0.3, -0.25) is 4.79 Å². The van der Waals surface area contributed by atoms with E-state index < -0.39 is 17.9 Å². The number of ether oxygens (including phenoxy) is 3. The predicted octanol–water partition coefficient (Wildman–Crippen LogP) is 2.96. The van der Waals surface area contributed by atoms with Crippen LogP contribution in [0.2, 0.25) is 0 Å². The molecule has 0 aromatic heterocycles. The Kier molecular flexibility index (Phi) is 5.50. The summed E-state index contributed by atoms with van der Waals surface area (Å²) in [6.07, 6.45) is 0.863. The Hall–Kier alpha value is -3.09. The topological polar surface area (TPSA) is 105 Å². The molecule has 1 heterocycles. The van der Waals surface area contributed by atoms with Gasteiger partial charge in [-0.15, -0.1) is 0 Å². The summed E-state index contributed by atoms with van der Waals surface area (Å²) in [6.45, 7) is 5.97. The molecule has 2 aliphatic rings. The lowest BCUT2D eigenvalue weighted by Gasteiger charge is -2.37. The van der Waals surface area contributed by atoms with Crippen LogP contribution in [-0.2, 0) is 23.8 Å². The maximum Gasteiger partial charge on any atom is 0.340 e. The molecular weight excluding hydrogens is 374 g/mol. The third kappa shape index (κ3) is 3.90. The number of allylic oxidation sites excluding steroid dienone is 2. The molecule has 1 aliphatic heterocycles. The fourth-order valence-corrected chi connectivity index (χ4v) is 3.85. The third-order valence-corrected chi connectivity index (χ3v) is 5.12. The lowest BCUT2D eigenvalue weighted by molar-refractivity contribution is -0.136. The molecule has 0 saturated carbocycles. The van der Waals surface area contributed by atoms with Crippen molar-refractivity contribution in [3.63, 3.8) is 0 Å². The Balaban J connectivity index is 2.11. The zero-order valence-electron chi connectivity index (χ0n) is 17.0. The van der Waals surface area contributed by atoms with Crippen molar-refractivity contribution in [1.82, 2.24) is 0 Å². The molecule has 2 N–H and O–H groups in total. The van der Waals surface area contributed by atoms with Crippen LogP contribution < -0.4 is 5.73 Å². The van der Waals surface area contributed by atoms with Gasteiger partial charge in [-0.25, -0.2) is 9.59 Å². The molecule has 0 saturated heterocycles. The monoisotopic (exact) mass is 399 g/mol. The van der Waals surface area contributed by atoms with E-state index in [9.17, 15) is 14.4 Å². The number of hydrogen-bond donors (Lipinski definition) is 1. The van der Waals surface area contributed by atoms with Crippen molar-refractivity contribution in [3.8, 4) is 0 Å². The summed E-state index contributed by atoms with van der Waals surface area (Å²) in [4.78, 5) is 37.5. The van der Waals surface area contributed by atoms with Crippen LogP contribution in [0.15, 0.2) is 47.1 Å². The lowest BCUT2D eigenvalue weighted by Crippen LogP contribution is -2.35. The van der Waals surface area contributed by atoms with Gasteiger partial charge in [0.2, 0.25) is 5.88 Å². The molecule has 0 radical (unpaired) electrons. The highest BCUT2D eigenvalue weighted by molar-refractivity contribution is 6.03. The predicted molar refractivity (Wildman–Crippen MR) is 105 cm³/mol. The van der Waals surface area contributed by atoms with E-state index >= 15 is 0 Å². The van der Waals surface area contributed by atoms with E-state index in [0.717, 1.165) is 0 Å². The third-order valence-electron chi connectivity index (χ3n) is 5.12. The van der Waals surface area contributed by atoms with Crippen molar-refractivity contribution in [2.75, 3.05) is 13.7 Å². The van der Waals surface area contributed by atoms with Crippen LogP contribution in [0, 0.1) is 5.41 Å². The Morgan fingerprint density at radius 2 is 1.83 bits per heavy atom. The summed E-state index contributed by atoms with van der Waals surface area (Å²) < 4.78 is 15.6. The van der Waals surface area contributed by atoms with E-state index in [2.05, 4.69) is 0 Å². The number of carbonyl (C=O) groups is 3. The minimum atomic E-state index is -0.717.